The number of hydrogen-bond acceptors (Lipinski definition) is 8. The second kappa shape index (κ2) is 13.5. The summed E-state index contributed by atoms with van der Waals surface area (Å²) in [7, 11) is 2.94. The van der Waals surface area contributed by atoms with Gasteiger partial charge in [-0.1, -0.05) is 18.2 Å². The molecule has 0 unspecified atom stereocenters. The molecular weight excluding hydrogens is 577 g/mol. The fraction of sp³-hybridized carbons (Fsp3) is 0.323. The molecule has 3 aromatic heterocycles. The Balaban J connectivity index is 1.45. The zero-order valence-corrected chi connectivity index (χ0v) is 24.4. The Morgan fingerprint density at radius 2 is 1.86 bits per heavy atom. The van der Waals surface area contributed by atoms with Gasteiger partial charge in [-0.3, -0.25) is 14.4 Å². The van der Waals surface area contributed by atoms with Crippen LogP contribution >= 0.6 is 0 Å². The molecule has 0 radical (unpaired) electrons. The van der Waals surface area contributed by atoms with Gasteiger partial charge in [-0.05, 0) is 36.8 Å². The molecule has 1 aromatic carbocycles. The maximum atomic E-state index is 14.8. The van der Waals surface area contributed by atoms with Crippen molar-refractivity contribution in [3.05, 3.63) is 95.0 Å². The van der Waals surface area contributed by atoms with Crippen molar-refractivity contribution < 1.29 is 32.3 Å². The van der Waals surface area contributed by atoms with Crippen LogP contribution in [0.2, 0.25) is 0 Å². The normalized spacial score (nSPS) is 16.8. The van der Waals surface area contributed by atoms with Crippen molar-refractivity contribution in [2.45, 2.75) is 25.9 Å². The number of ether oxygens (including phenoxy) is 1. The molecule has 4 heterocycles. The predicted molar refractivity (Wildman–Crippen MR) is 153 cm³/mol. The van der Waals surface area contributed by atoms with Gasteiger partial charge in [0.05, 0.1) is 23.7 Å². The summed E-state index contributed by atoms with van der Waals surface area (Å²) in [5, 5.41) is 8.72. The van der Waals surface area contributed by atoms with Crippen molar-refractivity contribution in [3.8, 4) is 16.9 Å². The first kappa shape index (κ1) is 31.0. The third kappa shape index (κ3) is 6.54. The van der Waals surface area contributed by atoms with Gasteiger partial charge in [-0.15, -0.1) is 0 Å². The fourth-order valence-corrected chi connectivity index (χ4v) is 5.28. The number of carbonyl (C=O) groups excluding carboxylic acids is 2. The van der Waals surface area contributed by atoms with E-state index in [4.69, 9.17) is 14.7 Å². The maximum Gasteiger partial charge on any atom is 0.272 e. The number of nitrogens with one attached hydrogen (secondary N) is 1. The third-order valence-electron chi connectivity index (χ3n) is 7.48. The van der Waals surface area contributed by atoms with Crippen molar-refractivity contribution in [2.75, 3.05) is 33.9 Å². The van der Waals surface area contributed by atoms with Crippen LogP contribution in [0.1, 0.15) is 39.8 Å². The van der Waals surface area contributed by atoms with E-state index >= 15 is 0 Å². The van der Waals surface area contributed by atoms with E-state index in [2.05, 4.69) is 15.3 Å². The quantitative estimate of drug-likeness (QED) is 0.253. The highest BCUT2D eigenvalue weighted by Crippen LogP contribution is 2.37. The van der Waals surface area contributed by atoms with Crippen LogP contribution in [0.3, 0.4) is 0 Å². The highest BCUT2D eigenvalue weighted by Gasteiger charge is 2.37. The monoisotopic (exact) mass is 608 g/mol. The van der Waals surface area contributed by atoms with Crippen LogP contribution < -0.4 is 5.32 Å². The van der Waals surface area contributed by atoms with Crippen LogP contribution in [0.4, 0.5) is 13.2 Å². The lowest BCUT2D eigenvalue weighted by Crippen LogP contribution is -2.24. The molecule has 44 heavy (non-hydrogen) atoms. The summed E-state index contributed by atoms with van der Waals surface area (Å²) in [4.78, 5) is 39.1. The lowest BCUT2D eigenvalue weighted by molar-refractivity contribution is -0.155. The summed E-state index contributed by atoms with van der Waals surface area (Å²) >= 11 is 0. The van der Waals surface area contributed by atoms with Crippen LogP contribution in [0.15, 0.2) is 54.9 Å². The second-order valence-corrected chi connectivity index (χ2v) is 10.4. The van der Waals surface area contributed by atoms with Crippen LogP contribution in [0.5, 0.6) is 0 Å². The molecule has 13 heteroatoms. The lowest BCUT2D eigenvalue weighted by atomic mass is 9.91. The first-order valence-electron chi connectivity index (χ1n) is 13.9. The molecule has 230 valence electrons. The van der Waals surface area contributed by atoms with E-state index in [1.165, 1.54) is 25.5 Å². The SMILES string of the molecule is CNC(=O)c1ncc(-c2nn(-c3ccccc3)c(CC(=O)C[C@@H]3CN(CCOC)O[C@H]3c3cnc(F)c(F)c3)c2C)cc1F. The first-order chi connectivity index (χ1) is 21.2. The summed E-state index contributed by atoms with van der Waals surface area (Å²) in [6, 6.07) is 11.4. The molecule has 1 N–H and O–H groups in total. The average molecular weight is 609 g/mol. The number of nitrogens with zero attached hydrogens (tertiary/aromatic N) is 5. The van der Waals surface area contributed by atoms with E-state index in [0.29, 0.717) is 53.5 Å². The van der Waals surface area contributed by atoms with E-state index < -0.39 is 29.6 Å². The molecule has 0 saturated carbocycles. The summed E-state index contributed by atoms with van der Waals surface area (Å²) in [6.45, 7) is 2.95. The summed E-state index contributed by atoms with van der Waals surface area (Å²) in [5.41, 5.74) is 2.67. The van der Waals surface area contributed by atoms with E-state index in [-0.39, 0.29) is 30.2 Å². The molecule has 1 fully saturated rings. The van der Waals surface area contributed by atoms with Crippen molar-refractivity contribution in [1.29, 1.82) is 0 Å². The fourth-order valence-electron chi connectivity index (χ4n) is 5.28. The van der Waals surface area contributed by atoms with Crippen molar-refractivity contribution in [2.24, 2.45) is 5.92 Å². The Morgan fingerprint density at radius 3 is 2.55 bits per heavy atom. The van der Waals surface area contributed by atoms with Crippen molar-refractivity contribution >= 4 is 11.7 Å². The van der Waals surface area contributed by atoms with Crippen LogP contribution in [0.25, 0.3) is 16.9 Å². The molecule has 5 rings (SSSR count). The smallest absolute Gasteiger partial charge is 0.272 e. The Morgan fingerprint density at radius 1 is 1.09 bits per heavy atom. The van der Waals surface area contributed by atoms with Crippen molar-refractivity contribution in [1.82, 2.24) is 30.1 Å². The molecule has 0 bridgehead atoms. The van der Waals surface area contributed by atoms with E-state index in [9.17, 15) is 22.8 Å². The summed E-state index contributed by atoms with van der Waals surface area (Å²) in [6.07, 6.45) is 1.91. The number of para-hydroxylation sites is 1. The molecule has 4 aromatic rings. The number of benzene rings is 1. The Kier molecular flexibility index (Phi) is 9.47. The topological polar surface area (TPSA) is 111 Å². The first-order valence-corrected chi connectivity index (χ1v) is 13.9. The van der Waals surface area contributed by atoms with Crippen LogP contribution in [-0.2, 0) is 20.8 Å². The van der Waals surface area contributed by atoms with Gasteiger partial charge in [0.2, 0.25) is 5.95 Å². The molecule has 0 aliphatic carbocycles. The van der Waals surface area contributed by atoms with Crippen LogP contribution in [0, 0.1) is 30.4 Å². The van der Waals surface area contributed by atoms with Gasteiger partial charge in [0, 0.05) is 69.5 Å². The van der Waals surface area contributed by atoms with E-state index in [1.807, 2.05) is 30.3 Å². The highest BCUT2D eigenvalue weighted by molar-refractivity contribution is 5.92. The Bertz CT molecular complexity index is 1670. The molecule has 0 spiro atoms. The minimum absolute atomic E-state index is 0.0166. The zero-order valence-electron chi connectivity index (χ0n) is 24.4. The van der Waals surface area contributed by atoms with E-state index in [0.717, 1.165) is 6.07 Å². The summed E-state index contributed by atoms with van der Waals surface area (Å²) < 4.78 is 49.2. The molecule has 2 atom stereocenters. The molecule has 1 amide bonds. The van der Waals surface area contributed by atoms with Gasteiger partial charge in [0.15, 0.2) is 17.3 Å². The number of rotatable bonds is 11. The number of ketones is 1. The predicted octanol–water partition coefficient (Wildman–Crippen LogP) is 4.17. The number of methoxy groups -OCH3 is 1. The van der Waals surface area contributed by atoms with Gasteiger partial charge < -0.3 is 10.1 Å². The van der Waals surface area contributed by atoms with Gasteiger partial charge in [0.25, 0.3) is 5.91 Å². The van der Waals surface area contributed by atoms with E-state index in [1.54, 1.807) is 23.8 Å². The zero-order chi connectivity index (χ0) is 31.4. The Hall–Kier alpha value is -4.46. The summed E-state index contributed by atoms with van der Waals surface area (Å²) in [5.74, 6) is -4.29. The number of pyridine rings is 2. The molecule has 10 nitrogen and oxygen atoms in total. The third-order valence-corrected chi connectivity index (χ3v) is 7.48. The minimum atomic E-state index is -1.21. The van der Waals surface area contributed by atoms with Gasteiger partial charge >= 0.3 is 0 Å². The second-order valence-electron chi connectivity index (χ2n) is 10.4. The van der Waals surface area contributed by atoms with Crippen LogP contribution in [-0.4, -0.2) is 70.4 Å². The number of halogens is 3. The number of aromatic nitrogens is 4. The van der Waals surface area contributed by atoms with Gasteiger partial charge in [-0.25, -0.2) is 23.4 Å². The number of Topliss-reactive ketones (excluding diaryl/α,β-unsaturated/α-hetero) is 1. The number of carbonyl (C=O) groups is 2. The van der Waals surface area contributed by atoms with Gasteiger partial charge in [0.1, 0.15) is 11.9 Å². The lowest BCUT2D eigenvalue weighted by Gasteiger charge is -2.17. The molecular formula is C31H31F3N6O4. The standard InChI is InChI=1S/C31H31F3N6O4/c1-18-26(14-23(41)11-21-17-39(9-10-43-3)44-29(21)20-13-25(33)30(34)37-16-20)40(22-7-5-4-6-8-22)38-27(18)19-12-24(32)28(36-15-19)31(42)35-2/h4-8,12-13,15-16,21,29H,9-11,14,17H2,1-3H3,(H,35,42)/t21-,29+/m1/s1. The highest BCUT2D eigenvalue weighted by atomic mass is 19.2. The molecule has 1 saturated heterocycles. The maximum absolute atomic E-state index is 14.8. The number of hydroxylamine groups is 2. The minimum Gasteiger partial charge on any atom is -0.383 e. The van der Waals surface area contributed by atoms with Crippen molar-refractivity contribution in [3.63, 3.8) is 0 Å². The average Bonchev–Trinajstić information content (AvgIpc) is 3.57. The Labute approximate surface area is 251 Å². The number of amides is 1. The largest absolute Gasteiger partial charge is 0.383 e. The molecule has 1 aliphatic heterocycles. The molecule has 1 aliphatic rings. The van der Waals surface area contributed by atoms with Gasteiger partial charge in [-0.2, -0.15) is 14.6 Å². The number of hydrogen-bond donors (Lipinski definition) is 1.